The summed E-state index contributed by atoms with van der Waals surface area (Å²) in [6, 6.07) is 11.8. The van der Waals surface area contributed by atoms with Gasteiger partial charge < -0.3 is 14.5 Å². The van der Waals surface area contributed by atoms with E-state index in [2.05, 4.69) is 11.4 Å². The first kappa shape index (κ1) is 13.9. The molecule has 0 spiro atoms. The van der Waals surface area contributed by atoms with Crippen LogP contribution in [0, 0.1) is 5.92 Å². The number of ether oxygens (including phenoxy) is 1. The molecule has 0 bridgehead atoms. The number of amides is 1. The molecule has 1 aliphatic rings. The number of hydrogen-bond acceptors (Lipinski definition) is 3. The van der Waals surface area contributed by atoms with Crippen LogP contribution in [0.1, 0.15) is 29.7 Å². The molecule has 1 N–H and O–H groups in total. The van der Waals surface area contributed by atoms with Crippen molar-refractivity contribution in [2.24, 2.45) is 5.92 Å². The lowest BCUT2D eigenvalue weighted by Crippen LogP contribution is -2.24. The fourth-order valence-corrected chi connectivity index (χ4v) is 2.17. The molecule has 110 valence electrons. The summed E-state index contributed by atoms with van der Waals surface area (Å²) in [5.41, 5.74) is 2.20. The number of benzene rings is 1. The second kappa shape index (κ2) is 6.59. The highest BCUT2D eigenvalue weighted by molar-refractivity contribution is 5.80. The molecule has 1 saturated carbocycles. The molecule has 0 unspecified atom stereocenters. The Bertz CT molecular complexity index is 588. The van der Waals surface area contributed by atoms with E-state index in [1.165, 1.54) is 0 Å². The highest BCUT2D eigenvalue weighted by atomic mass is 16.5. The number of nitrogens with one attached hydrogen (secondary N) is 1. The zero-order chi connectivity index (χ0) is 14.5. The van der Waals surface area contributed by atoms with Gasteiger partial charge in [-0.05, 0) is 36.1 Å². The lowest BCUT2D eigenvalue weighted by molar-refractivity contribution is -0.122. The molecule has 2 aromatic rings. The summed E-state index contributed by atoms with van der Waals surface area (Å²) < 4.78 is 10.8. The summed E-state index contributed by atoms with van der Waals surface area (Å²) in [5, 5.41) is 2.97. The molecule has 1 aromatic heterocycles. The molecule has 0 saturated heterocycles. The zero-order valence-corrected chi connectivity index (χ0v) is 11.9. The van der Waals surface area contributed by atoms with Crippen LogP contribution in [0.3, 0.4) is 0 Å². The molecule has 1 aromatic carbocycles. The standard InChI is InChI=1S/C17H19NO3/c19-17(15-6-7-15)18-10-13-3-1-4-14(9-13)11-20-12-16-5-2-8-21-16/h1-5,8-9,15H,6-7,10-12H2,(H,18,19). The third-order valence-electron chi connectivity index (χ3n) is 3.50. The first-order valence-electron chi connectivity index (χ1n) is 7.27. The van der Waals surface area contributed by atoms with Crippen LogP contribution in [0.15, 0.2) is 47.1 Å². The van der Waals surface area contributed by atoms with Crippen molar-refractivity contribution >= 4 is 5.91 Å². The maximum atomic E-state index is 11.6. The molecule has 1 heterocycles. The van der Waals surface area contributed by atoms with Crippen LogP contribution >= 0.6 is 0 Å². The second-order valence-electron chi connectivity index (χ2n) is 5.38. The van der Waals surface area contributed by atoms with Crippen LogP contribution in [-0.2, 0) is 29.3 Å². The summed E-state index contributed by atoms with van der Waals surface area (Å²) in [7, 11) is 0. The van der Waals surface area contributed by atoms with Crippen LogP contribution in [-0.4, -0.2) is 5.91 Å². The smallest absolute Gasteiger partial charge is 0.223 e. The average molecular weight is 285 g/mol. The minimum Gasteiger partial charge on any atom is -0.467 e. The van der Waals surface area contributed by atoms with Crippen molar-refractivity contribution in [3.63, 3.8) is 0 Å². The fraction of sp³-hybridized carbons (Fsp3) is 0.353. The van der Waals surface area contributed by atoms with Gasteiger partial charge in [-0.3, -0.25) is 4.79 Å². The van der Waals surface area contributed by atoms with E-state index in [0.29, 0.717) is 19.8 Å². The van der Waals surface area contributed by atoms with Gasteiger partial charge >= 0.3 is 0 Å². The molecule has 3 rings (SSSR count). The van der Waals surface area contributed by atoms with Gasteiger partial charge in [-0.25, -0.2) is 0 Å². The van der Waals surface area contributed by atoms with Crippen molar-refractivity contribution in [2.45, 2.75) is 32.6 Å². The number of furan rings is 1. The average Bonchev–Trinajstić information content (AvgIpc) is 3.23. The number of rotatable bonds is 7. The highest BCUT2D eigenvalue weighted by Crippen LogP contribution is 2.28. The highest BCUT2D eigenvalue weighted by Gasteiger charge is 2.29. The molecule has 0 aliphatic heterocycles. The van der Waals surface area contributed by atoms with Gasteiger partial charge in [0.05, 0.1) is 12.9 Å². The summed E-state index contributed by atoms with van der Waals surface area (Å²) in [4.78, 5) is 11.6. The first-order chi connectivity index (χ1) is 10.3. The van der Waals surface area contributed by atoms with Crippen LogP contribution < -0.4 is 5.32 Å². The number of hydrogen-bond donors (Lipinski definition) is 1. The molecule has 0 radical (unpaired) electrons. The number of carbonyl (C=O) groups excluding carboxylic acids is 1. The van der Waals surface area contributed by atoms with E-state index in [1.807, 2.05) is 30.3 Å². The van der Waals surface area contributed by atoms with E-state index in [-0.39, 0.29) is 11.8 Å². The van der Waals surface area contributed by atoms with Gasteiger partial charge in [-0.15, -0.1) is 0 Å². The van der Waals surface area contributed by atoms with Crippen molar-refractivity contribution < 1.29 is 13.9 Å². The molecule has 1 aliphatic carbocycles. The van der Waals surface area contributed by atoms with Gasteiger partial charge in [0, 0.05) is 12.5 Å². The predicted molar refractivity (Wildman–Crippen MR) is 78.2 cm³/mol. The third-order valence-corrected chi connectivity index (χ3v) is 3.50. The van der Waals surface area contributed by atoms with Crippen LogP contribution in [0.5, 0.6) is 0 Å². The fourth-order valence-electron chi connectivity index (χ4n) is 2.17. The molecule has 4 heteroatoms. The van der Waals surface area contributed by atoms with E-state index in [4.69, 9.17) is 9.15 Å². The zero-order valence-electron chi connectivity index (χ0n) is 11.9. The van der Waals surface area contributed by atoms with Gasteiger partial charge in [-0.2, -0.15) is 0 Å². The van der Waals surface area contributed by atoms with E-state index in [0.717, 1.165) is 29.7 Å². The van der Waals surface area contributed by atoms with Gasteiger partial charge in [0.15, 0.2) is 0 Å². The van der Waals surface area contributed by atoms with Gasteiger partial charge in [0.1, 0.15) is 12.4 Å². The Hall–Kier alpha value is -2.07. The quantitative estimate of drug-likeness (QED) is 0.850. The third kappa shape index (κ3) is 4.20. The second-order valence-corrected chi connectivity index (χ2v) is 5.38. The minimum atomic E-state index is 0.175. The Kier molecular flexibility index (Phi) is 4.36. The van der Waals surface area contributed by atoms with Crippen LogP contribution in [0.2, 0.25) is 0 Å². The summed E-state index contributed by atoms with van der Waals surface area (Å²) in [6.07, 6.45) is 3.71. The summed E-state index contributed by atoms with van der Waals surface area (Å²) in [5.74, 6) is 1.25. The molecular formula is C17H19NO3. The van der Waals surface area contributed by atoms with Gasteiger partial charge in [-0.1, -0.05) is 24.3 Å². The van der Waals surface area contributed by atoms with E-state index >= 15 is 0 Å². The van der Waals surface area contributed by atoms with E-state index in [9.17, 15) is 4.79 Å². The minimum absolute atomic E-state index is 0.175. The molecule has 4 nitrogen and oxygen atoms in total. The molecular weight excluding hydrogens is 266 g/mol. The Morgan fingerprint density at radius 3 is 2.81 bits per heavy atom. The first-order valence-corrected chi connectivity index (χ1v) is 7.27. The number of carbonyl (C=O) groups is 1. The van der Waals surface area contributed by atoms with E-state index < -0.39 is 0 Å². The summed E-state index contributed by atoms with van der Waals surface area (Å²) >= 11 is 0. The van der Waals surface area contributed by atoms with Crippen LogP contribution in [0.4, 0.5) is 0 Å². The maximum absolute atomic E-state index is 11.6. The lowest BCUT2D eigenvalue weighted by Gasteiger charge is -2.07. The van der Waals surface area contributed by atoms with Crippen molar-refractivity contribution in [2.75, 3.05) is 0 Å². The maximum Gasteiger partial charge on any atom is 0.223 e. The summed E-state index contributed by atoms with van der Waals surface area (Å²) in [6.45, 7) is 1.59. The normalized spacial score (nSPS) is 14.1. The predicted octanol–water partition coefficient (Wildman–Crippen LogP) is 3.02. The van der Waals surface area contributed by atoms with Crippen molar-refractivity contribution in [3.8, 4) is 0 Å². The molecule has 0 atom stereocenters. The van der Waals surface area contributed by atoms with Gasteiger partial charge in [0.2, 0.25) is 5.91 Å². The monoisotopic (exact) mass is 285 g/mol. The largest absolute Gasteiger partial charge is 0.467 e. The Balaban J connectivity index is 1.46. The molecule has 1 amide bonds. The van der Waals surface area contributed by atoms with Crippen molar-refractivity contribution in [3.05, 3.63) is 59.5 Å². The van der Waals surface area contributed by atoms with Crippen molar-refractivity contribution in [1.29, 1.82) is 0 Å². The van der Waals surface area contributed by atoms with Crippen LogP contribution in [0.25, 0.3) is 0 Å². The Labute approximate surface area is 124 Å². The van der Waals surface area contributed by atoms with E-state index in [1.54, 1.807) is 6.26 Å². The molecule has 21 heavy (non-hydrogen) atoms. The Morgan fingerprint density at radius 2 is 2.05 bits per heavy atom. The Morgan fingerprint density at radius 1 is 1.19 bits per heavy atom. The topological polar surface area (TPSA) is 51.5 Å². The van der Waals surface area contributed by atoms with Crippen molar-refractivity contribution in [1.82, 2.24) is 5.32 Å². The SMILES string of the molecule is O=C(NCc1cccc(COCc2ccco2)c1)C1CC1. The lowest BCUT2D eigenvalue weighted by atomic mass is 10.1. The van der Waals surface area contributed by atoms with Gasteiger partial charge in [0.25, 0.3) is 0 Å². The molecule has 1 fully saturated rings.